The number of ether oxygens (including phenoxy) is 1. The Kier molecular flexibility index (Phi) is 5.11. The molecule has 0 amide bonds. The number of hydrazine groups is 1. The molecule has 5 nitrogen and oxygen atoms in total. The van der Waals surface area contributed by atoms with E-state index in [-0.39, 0.29) is 11.6 Å². The first-order chi connectivity index (χ1) is 8.05. The van der Waals surface area contributed by atoms with Crippen LogP contribution in [0.1, 0.15) is 45.7 Å². The zero-order chi connectivity index (χ0) is 12.9. The van der Waals surface area contributed by atoms with Gasteiger partial charge in [0, 0.05) is 24.9 Å². The molecule has 17 heavy (non-hydrogen) atoms. The largest absolute Gasteiger partial charge is 0.374 e. The summed E-state index contributed by atoms with van der Waals surface area (Å²) in [5.41, 5.74) is 3.52. The molecule has 1 aromatic rings. The number of nitrogens with zero attached hydrogens (tertiary/aromatic N) is 2. The Hall–Kier alpha value is -0.910. The second kappa shape index (κ2) is 6.14. The summed E-state index contributed by atoms with van der Waals surface area (Å²) in [6.07, 6.45) is 4.94. The first-order valence-electron chi connectivity index (χ1n) is 6.17. The average Bonchev–Trinajstić information content (AvgIpc) is 2.67. The maximum Gasteiger partial charge on any atom is 0.0834 e. The van der Waals surface area contributed by atoms with Crippen molar-refractivity contribution in [2.75, 3.05) is 6.61 Å². The lowest BCUT2D eigenvalue weighted by Gasteiger charge is -2.33. The smallest absolute Gasteiger partial charge is 0.0834 e. The van der Waals surface area contributed by atoms with E-state index in [9.17, 15) is 0 Å². The van der Waals surface area contributed by atoms with Gasteiger partial charge < -0.3 is 4.74 Å². The second-order valence-electron chi connectivity index (χ2n) is 4.67. The van der Waals surface area contributed by atoms with Crippen molar-refractivity contribution in [3.63, 3.8) is 0 Å². The van der Waals surface area contributed by atoms with Gasteiger partial charge in [-0.15, -0.1) is 0 Å². The number of aryl methyl sites for hydroxylation is 1. The molecular formula is C12H24N4O. The number of hydrogen-bond acceptors (Lipinski definition) is 4. The molecule has 5 heteroatoms. The molecule has 0 fully saturated rings. The highest BCUT2D eigenvalue weighted by Gasteiger charge is 2.31. The van der Waals surface area contributed by atoms with Crippen molar-refractivity contribution in [3.05, 3.63) is 18.0 Å². The number of nitrogens with two attached hydrogens (primary N) is 1. The summed E-state index contributed by atoms with van der Waals surface area (Å²) in [6.45, 7) is 9.75. The summed E-state index contributed by atoms with van der Waals surface area (Å²) in [7, 11) is 0. The molecule has 1 aromatic heterocycles. The van der Waals surface area contributed by atoms with Gasteiger partial charge in [0.05, 0.1) is 17.8 Å². The van der Waals surface area contributed by atoms with Gasteiger partial charge in [-0.2, -0.15) is 5.10 Å². The lowest BCUT2D eigenvalue weighted by atomic mass is 9.94. The summed E-state index contributed by atoms with van der Waals surface area (Å²) < 4.78 is 7.66. The monoisotopic (exact) mass is 240 g/mol. The van der Waals surface area contributed by atoms with Gasteiger partial charge in [0.2, 0.25) is 0 Å². The summed E-state index contributed by atoms with van der Waals surface area (Å²) in [6, 6.07) is -0.0620. The molecule has 1 heterocycles. The molecule has 0 aliphatic heterocycles. The van der Waals surface area contributed by atoms with E-state index < -0.39 is 0 Å². The molecule has 0 bridgehead atoms. The van der Waals surface area contributed by atoms with E-state index in [4.69, 9.17) is 10.6 Å². The fourth-order valence-electron chi connectivity index (χ4n) is 2.03. The van der Waals surface area contributed by atoms with E-state index in [1.54, 1.807) is 0 Å². The van der Waals surface area contributed by atoms with Gasteiger partial charge in [0.25, 0.3) is 0 Å². The molecule has 1 rings (SSSR count). The molecule has 0 aliphatic rings. The van der Waals surface area contributed by atoms with Crippen molar-refractivity contribution in [2.24, 2.45) is 5.84 Å². The number of rotatable bonds is 7. The number of aromatic nitrogens is 2. The predicted molar refractivity (Wildman–Crippen MR) is 68.3 cm³/mol. The quantitative estimate of drug-likeness (QED) is 0.561. The van der Waals surface area contributed by atoms with Crippen LogP contribution >= 0.6 is 0 Å². The van der Waals surface area contributed by atoms with Gasteiger partial charge in [-0.05, 0) is 27.2 Å². The highest BCUT2D eigenvalue weighted by atomic mass is 16.5. The Balaban J connectivity index is 2.85. The van der Waals surface area contributed by atoms with Crippen LogP contribution in [0.3, 0.4) is 0 Å². The van der Waals surface area contributed by atoms with Crippen molar-refractivity contribution in [3.8, 4) is 0 Å². The van der Waals surface area contributed by atoms with Crippen molar-refractivity contribution >= 4 is 0 Å². The van der Waals surface area contributed by atoms with Crippen LogP contribution in [-0.2, 0) is 11.3 Å². The normalized spacial score (nSPS) is 13.9. The third kappa shape index (κ3) is 3.52. The molecule has 1 atom stereocenters. The molecule has 0 aromatic carbocycles. The van der Waals surface area contributed by atoms with Crippen molar-refractivity contribution in [2.45, 2.75) is 52.3 Å². The topological polar surface area (TPSA) is 65.1 Å². The van der Waals surface area contributed by atoms with Crippen molar-refractivity contribution in [1.29, 1.82) is 0 Å². The predicted octanol–water partition coefficient (Wildman–Crippen LogP) is 1.61. The van der Waals surface area contributed by atoms with E-state index in [0.29, 0.717) is 6.61 Å². The van der Waals surface area contributed by atoms with E-state index in [2.05, 4.69) is 17.4 Å². The van der Waals surface area contributed by atoms with Crippen LogP contribution in [0.25, 0.3) is 0 Å². The van der Waals surface area contributed by atoms with Crippen molar-refractivity contribution in [1.82, 2.24) is 15.2 Å². The third-order valence-electron chi connectivity index (χ3n) is 2.82. The fraction of sp³-hybridized carbons (Fsp3) is 0.750. The maximum absolute atomic E-state index is 5.73. The van der Waals surface area contributed by atoms with Crippen LogP contribution < -0.4 is 11.3 Å². The molecule has 0 saturated carbocycles. The molecule has 0 spiro atoms. The minimum Gasteiger partial charge on any atom is -0.374 e. The highest BCUT2D eigenvalue weighted by Crippen LogP contribution is 2.27. The Morgan fingerprint density at radius 1 is 1.53 bits per heavy atom. The lowest BCUT2D eigenvalue weighted by molar-refractivity contribution is -0.0392. The molecule has 0 radical (unpaired) electrons. The first kappa shape index (κ1) is 14.2. The number of nitrogens with one attached hydrogen (secondary N) is 1. The molecular weight excluding hydrogens is 216 g/mol. The van der Waals surface area contributed by atoms with E-state index in [1.807, 2.05) is 37.8 Å². The molecule has 0 saturated heterocycles. The highest BCUT2D eigenvalue weighted by molar-refractivity contribution is 5.14. The Labute approximate surface area is 103 Å². The SMILES string of the molecule is CCCn1cc(C(NN)C(C)(C)OCC)cn1. The Morgan fingerprint density at radius 2 is 2.24 bits per heavy atom. The van der Waals surface area contributed by atoms with Crippen LogP contribution in [0.4, 0.5) is 0 Å². The standard InChI is InChI=1S/C12H24N4O/c1-5-7-16-9-10(8-14-16)11(15-13)12(3,4)17-6-2/h8-9,11,15H,5-7,13H2,1-4H3. The second-order valence-corrected chi connectivity index (χ2v) is 4.67. The first-order valence-corrected chi connectivity index (χ1v) is 6.17. The molecule has 0 aliphatic carbocycles. The van der Waals surface area contributed by atoms with Gasteiger partial charge in [-0.1, -0.05) is 6.92 Å². The van der Waals surface area contributed by atoms with E-state index in [0.717, 1.165) is 18.5 Å². The van der Waals surface area contributed by atoms with Gasteiger partial charge >= 0.3 is 0 Å². The van der Waals surface area contributed by atoms with Gasteiger partial charge in [-0.3, -0.25) is 10.5 Å². The van der Waals surface area contributed by atoms with Crippen molar-refractivity contribution < 1.29 is 4.74 Å². The minimum absolute atomic E-state index is 0.0620. The average molecular weight is 240 g/mol. The summed E-state index contributed by atoms with van der Waals surface area (Å²) in [5, 5.41) is 4.31. The molecule has 3 N–H and O–H groups in total. The number of hydrogen-bond donors (Lipinski definition) is 2. The minimum atomic E-state index is -0.358. The van der Waals surface area contributed by atoms with E-state index >= 15 is 0 Å². The molecule has 1 unspecified atom stereocenters. The van der Waals surface area contributed by atoms with Crippen LogP contribution in [0.5, 0.6) is 0 Å². The zero-order valence-electron chi connectivity index (χ0n) is 11.2. The van der Waals surface area contributed by atoms with Gasteiger partial charge in [-0.25, -0.2) is 5.43 Å². The summed E-state index contributed by atoms with van der Waals surface area (Å²) in [4.78, 5) is 0. The van der Waals surface area contributed by atoms with Crippen LogP contribution in [0, 0.1) is 0 Å². The van der Waals surface area contributed by atoms with Crippen LogP contribution in [0.15, 0.2) is 12.4 Å². The zero-order valence-corrected chi connectivity index (χ0v) is 11.2. The van der Waals surface area contributed by atoms with Crippen LogP contribution in [0.2, 0.25) is 0 Å². The van der Waals surface area contributed by atoms with Gasteiger partial charge in [0.15, 0.2) is 0 Å². The fourth-order valence-corrected chi connectivity index (χ4v) is 2.03. The van der Waals surface area contributed by atoms with Crippen LogP contribution in [-0.4, -0.2) is 22.0 Å². The Morgan fingerprint density at radius 3 is 2.76 bits per heavy atom. The summed E-state index contributed by atoms with van der Waals surface area (Å²) >= 11 is 0. The maximum atomic E-state index is 5.73. The molecule has 98 valence electrons. The third-order valence-corrected chi connectivity index (χ3v) is 2.82. The Bertz CT molecular complexity index is 335. The van der Waals surface area contributed by atoms with E-state index in [1.165, 1.54) is 0 Å². The lowest BCUT2D eigenvalue weighted by Crippen LogP contribution is -2.44. The van der Waals surface area contributed by atoms with Gasteiger partial charge in [0.1, 0.15) is 0 Å². The summed E-state index contributed by atoms with van der Waals surface area (Å²) in [5.74, 6) is 5.64.